The van der Waals surface area contributed by atoms with Crippen molar-refractivity contribution in [3.05, 3.63) is 41.5 Å². The number of benzene rings is 1. The van der Waals surface area contributed by atoms with Crippen LogP contribution in [0.3, 0.4) is 0 Å². The van der Waals surface area contributed by atoms with Crippen LogP contribution in [0.15, 0.2) is 40.8 Å². The van der Waals surface area contributed by atoms with Crippen molar-refractivity contribution in [3.8, 4) is 0 Å². The third kappa shape index (κ3) is 1.85. The van der Waals surface area contributed by atoms with E-state index in [1.54, 1.807) is 12.1 Å². The van der Waals surface area contributed by atoms with Crippen LogP contribution in [0.5, 0.6) is 0 Å². The summed E-state index contributed by atoms with van der Waals surface area (Å²) in [4.78, 5) is 13.5. The number of rotatable bonds is 2. The molecule has 4 atom stereocenters. The fraction of sp³-hybridized carbons (Fsp3) is 0.526. The molecule has 0 unspecified atom stereocenters. The van der Waals surface area contributed by atoms with Crippen molar-refractivity contribution in [1.82, 2.24) is 4.31 Å². The lowest BCUT2D eigenvalue weighted by atomic mass is 9.53. The van der Waals surface area contributed by atoms with E-state index in [0.29, 0.717) is 18.0 Å². The number of epoxide rings is 1. The number of sulfonamides is 1. The normalized spacial score (nSPS) is 39.6. The average Bonchev–Trinajstić information content (AvgIpc) is 3.26. The first-order valence-electron chi connectivity index (χ1n) is 8.75. The van der Waals surface area contributed by atoms with Gasteiger partial charge in [0.05, 0.1) is 16.9 Å². The quantitative estimate of drug-likeness (QED) is 0.598. The summed E-state index contributed by atoms with van der Waals surface area (Å²) >= 11 is 0. The topological polar surface area (TPSA) is 67.0 Å². The van der Waals surface area contributed by atoms with Crippen molar-refractivity contribution in [3.63, 3.8) is 0 Å². The number of ketones is 1. The van der Waals surface area contributed by atoms with Crippen LogP contribution in [-0.2, 0) is 19.6 Å². The van der Waals surface area contributed by atoms with Crippen LogP contribution in [-0.4, -0.2) is 43.8 Å². The first-order valence-corrected chi connectivity index (χ1v) is 10.2. The second-order valence-corrected chi connectivity index (χ2v) is 9.97. The van der Waals surface area contributed by atoms with E-state index in [-0.39, 0.29) is 24.2 Å². The van der Waals surface area contributed by atoms with Crippen molar-refractivity contribution in [2.75, 3.05) is 19.7 Å². The van der Waals surface area contributed by atoms with Crippen molar-refractivity contribution in [1.29, 1.82) is 0 Å². The van der Waals surface area contributed by atoms with Gasteiger partial charge in [-0.2, -0.15) is 4.31 Å². The number of aryl methyl sites for hydroxylation is 1. The second kappa shape index (κ2) is 4.61. The number of hydrogen-bond donors (Lipinski definition) is 0. The SMILES string of the molecule is CC1=C[C@@]23CN(S(=O)(=O)c4ccc(C)cc4)C[C@H]2C[C@@H]1[C@@]1(CO1)C3=O. The lowest BCUT2D eigenvalue weighted by Crippen LogP contribution is -2.57. The van der Waals surface area contributed by atoms with Crippen molar-refractivity contribution < 1.29 is 17.9 Å². The summed E-state index contributed by atoms with van der Waals surface area (Å²) in [6.45, 7) is 5.12. The molecule has 3 aliphatic carbocycles. The zero-order valence-electron chi connectivity index (χ0n) is 14.4. The summed E-state index contributed by atoms with van der Waals surface area (Å²) in [5.41, 5.74) is 0.849. The van der Waals surface area contributed by atoms with Crippen LogP contribution >= 0.6 is 0 Å². The number of carbonyl (C=O) groups excluding carboxylic acids is 1. The monoisotopic (exact) mass is 359 g/mol. The summed E-state index contributed by atoms with van der Waals surface area (Å²) < 4.78 is 33.3. The highest BCUT2D eigenvalue weighted by atomic mass is 32.2. The maximum Gasteiger partial charge on any atom is 0.243 e. The summed E-state index contributed by atoms with van der Waals surface area (Å²) in [6.07, 6.45) is 2.89. The lowest BCUT2D eigenvalue weighted by Gasteiger charge is -2.47. The summed E-state index contributed by atoms with van der Waals surface area (Å²) in [7, 11) is -3.59. The fourth-order valence-electron chi connectivity index (χ4n) is 5.21. The Labute approximate surface area is 147 Å². The van der Waals surface area contributed by atoms with E-state index in [4.69, 9.17) is 4.74 Å². The molecule has 6 rings (SSSR count). The summed E-state index contributed by atoms with van der Waals surface area (Å²) in [5.74, 6) is 0.283. The fourth-order valence-corrected chi connectivity index (χ4v) is 6.74. The van der Waals surface area contributed by atoms with Gasteiger partial charge < -0.3 is 4.74 Å². The van der Waals surface area contributed by atoms with Gasteiger partial charge in [0, 0.05) is 19.0 Å². The minimum Gasteiger partial charge on any atom is -0.361 e. The Kier molecular flexibility index (Phi) is 2.90. The van der Waals surface area contributed by atoms with Crippen molar-refractivity contribution in [2.45, 2.75) is 30.8 Å². The average molecular weight is 359 g/mol. The zero-order chi connectivity index (χ0) is 17.6. The molecule has 6 heteroatoms. The highest BCUT2D eigenvalue weighted by molar-refractivity contribution is 7.89. The molecule has 0 N–H and O–H groups in total. The van der Waals surface area contributed by atoms with Gasteiger partial charge in [0.1, 0.15) is 0 Å². The zero-order valence-corrected chi connectivity index (χ0v) is 15.2. The molecule has 132 valence electrons. The highest BCUT2D eigenvalue weighted by Crippen LogP contribution is 2.62. The molecule has 5 nitrogen and oxygen atoms in total. The second-order valence-electron chi connectivity index (χ2n) is 8.03. The van der Waals surface area contributed by atoms with Crippen LogP contribution in [0.2, 0.25) is 0 Å². The van der Waals surface area contributed by atoms with Gasteiger partial charge in [-0.05, 0) is 38.3 Å². The van der Waals surface area contributed by atoms with E-state index in [0.717, 1.165) is 12.0 Å². The van der Waals surface area contributed by atoms with Gasteiger partial charge in [0.2, 0.25) is 10.0 Å². The Balaban J connectivity index is 1.54. The van der Waals surface area contributed by atoms with E-state index >= 15 is 0 Å². The third-order valence-corrected chi connectivity index (χ3v) is 8.46. The summed E-state index contributed by atoms with van der Waals surface area (Å²) in [5, 5.41) is 0. The van der Waals surface area contributed by atoms with Gasteiger partial charge in [0.25, 0.3) is 0 Å². The number of Topliss-reactive ketones (excluding diaryl/α,β-unsaturated/α-hetero) is 1. The van der Waals surface area contributed by atoms with Gasteiger partial charge in [-0.1, -0.05) is 29.3 Å². The molecule has 2 bridgehead atoms. The van der Waals surface area contributed by atoms with Crippen LogP contribution in [0.25, 0.3) is 0 Å². The Morgan fingerprint density at radius 3 is 2.52 bits per heavy atom. The standard InChI is InChI=1S/C19H21NO4S/c1-12-3-5-15(6-4-12)25(22,23)20-9-14-7-16-13(2)8-18(14,10-20)17(21)19(16)11-24-19/h3-6,8,14,16H,7,9-11H2,1-2H3/t14-,16+,18-,19+/m1/s1. The van der Waals surface area contributed by atoms with Crippen LogP contribution in [0, 0.1) is 24.2 Å². The van der Waals surface area contributed by atoms with Gasteiger partial charge in [-0.25, -0.2) is 8.42 Å². The Morgan fingerprint density at radius 2 is 1.88 bits per heavy atom. The molecule has 2 saturated heterocycles. The Bertz CT molecular complexity index is 913. The van der Waals surface area contributed by atoms with Crippen LogP contribution < -0.4 is 0 Å². The first kappa shape index (κ1) is 15.7. The molecule has 1 saturated carbocycles. The van der Waals surface area contributed by atoms with E-state index in [1.165, 1.54) is 9.88 Å². The number of carbonyl (C=O) groups is 1. The molecule has 0 aromatic heterocycles. The molecule has 2 heterocycles. The highest BCUT2D eigenvalue weighted by Gasteiger charge is 2.73. The molecule has 0 amide bonds. The number of ether oxygens (including phenoxy) is 1. The molecule has 1 aromatic carbocycles. The lowest BCUT2D eigenvalue weighted by molar-refractivity contribution is -0.140. The third-order valence-electron chi connectivity index (χ3n) is 6.63. The maximum absolute atomic E-state index is 13.2. The number of hydrogen-bond acceptors (Lipinski definition) is 4. The van der Waals surface area contributed by atoms with Gasteiger partial charge in [-0.3, -0.25) is 4.79 Å². The van der Waals surface area contributed by atoms with Crippen molar-refractivity contribution in [2.24, 2.45) is 17.3 Å². The molecule has 2 aliphatic heterocycles. The molecule has 0 radical (unpaired) electrons. The molecular formula is C19H21NO4S. The van der Waals surface area contributed by atoms with E-state index in [2.05, 4.69) is 6.92 Å². The minimum absolute atomic E-state index is 0.0590. The van der Waals surface area contributed by atoms with Gasteiger partial charge in [0.15, 0.2) is 11.4 Å². The molecule has 5 aliphatic rings. The molecule has 1 aromatic rings. The van der Waals surface area contributed by atoms with Crippen LogP contribution in [0.1, 0.15) is 18.9 Å². The molecule has 3 fully saturated rings. The van der Waals surface area contributed by atoms with E-state index in [9.17, 15) is 13.2 Å². The predicted octanol–water partition coefficient (Wildman–Crippen LogP) is 1.92. The number of nitrogens with zero attached hydrogens (tertiary/aromatic N) is 1. The molecular weight excluding hydrogens is 338 g/mol. The molecule has 25 heavy (non-hydrogen) atoms. The molecule has 2 spiro atoms. The van der Waals surface area contributed by atoms with E-state index < -0.39 is 21.0 Å². The maximum atomic E-state index is 13.2. The Morgan fingerprint density at radius 1 is 1.20 bits per heavy atom. The largest absolute Gasteiger partial charge is 0.361 e. The van der Waals surface area contributed by atoms with Gasteiger partial charge in [-0.15, -0.1) is 0 Å². The predicted molar refractivity (Wildman–Crippen MR) is 91.4 cm³/mol. The van der Waals surface area contributed by atoms with Crippen LogP contribution in [0.4, 0.5) is 0 Å². The summed E-state index contributed by atoms with van der Waals surface area (Å²) in [6, 6.07) is 6.91. The first-order chi connectivity index (χ1) is 11.8. The van der Waals surface area contributed by atoms with Gasteiger partial charge >= 0.3 is 0 Å². The van der Waals surface area contributed by atoms with Crippen molar-refractivity contribution >= 4 is 15.8 Å². The Hall–Kier alpha value is -1.50. The van der Waals surface area contributed by atoms with E-state index in [1.807, 2.05) is 25.1 Å². The minimum atomic E-state index is -3.59. The smallest absolute Gasteiger partial charge is 0.243 e.